The van der Waals surface area contributed by atoms with Crippen molar-refractivity contribution in [3.05, 3.63) is 0 Å². The van der Waals surface area contributed by atoms with Gasteiger partial charge in [-0.25, -0.2) is 19.6 Å². The molecule has 0 atom stereocenters. The summed E-state index contributed by atoms with van der Waals surface area (Å²) in [7, 11) is 0. The molecule has 4 N–H and O–H groups in total. The second kappa shape index (κ2) is 39.0. The summed E-state index contributed by atoms with van der Waals surface area (Å²) in [6.45, 7) is 0. The number of ether oxygens (including phenoxy) is 2. The maximum atomic E-state index is 11.7. The van der Waals surface area contributed by atoms with Crippen LogP contribution in [0.3, 0.4) is 0 Å². The van der Waals surface area contributed by atoms with Crippen molar-refractivity contribution in [2.75, 3.05) is 84.6 Å². The maximum Gasteiger partial charge on any atom is 0.408 e. The van der Waals surface area contributed by atoms with E-state index in [1.54, 1.807) is 70.6 Å². The summed E-state index contributed by atoms with van der Waals surface area (Å²) in [4.78, 5) is 50.3. The largest absolute Gasteiger partial charge is 0.438 e. The molecule has 0 saturated carbocycles. The van der Waals surface area contributed by atoms with E-state index in [1.165, 1.54) is 48.1 Å². The molecule has 14 nitrogen and oxygen atoms in total. The Balaban J connectivity index is 3.26. The Morgan fingerprint density at radius 2 is 0.977 bits per heavy atom. The topological polar surface area (TPSA) is 179 Å². The fraction of sp³-hybridized carbons (Fsp3) is 0.789. The molecule has 43 heavy (non-hydrogen) atoms. The monoisotopic (exact) mass is 800 g/mol. The minimum atomic E-state index is -0.493. The third-order valence-electron chi connectivity index (χ3n) is 3.17. The van der Waals surface area contributed by atoms with Gasteiger partial charge in [-0.05, 0) is 0 Å². The molecule has 0 aliphatic rings. The molecule has 252 valence electrons. The Morgan fingerprint density at radius 1 is 0.558 bits per heavy atom. The molecule has 0 spiro atoms. The van der Waals surface area contributed by atoms with Crippen molar-refractivity contribution in [2.24, 2.45) is 9.98 Å². The predicted molar refractivity (Wildman–Crippen MR) is 194 cm³/mol. The zero-order valence-electron chi connectivity index (χ0n) is 22.9. The summed E-state index contributed by atoms with van der Waals surface area (Å²) in [5.41, 5.74) is 0. The number of nitrogens with one attached hydrogen (secondary N) is 2. The summed E-state index contributed by atoms with van der Waals surface area (Å²) in [5, 5.41) is 26.5. The van der Waals surface area contributed by atoms with Gasteiger partial charge in [-0.3, -0.25) is 0 Å². The summed E-state index contributed by atoms with van der Waals surface area (Å²) in [6.07, 6.45) is 1.55. The van der Waals surface area contributed by atoms with Crippen LogP contribution in [0.25, 0.3) is 0 Å². The molecule has 0 unspecified atom stereocenters. The Labute approximate surface area is 294 Å². The van der Waals surface area contributed by atoms with Crippen LogP contribution in [0.15, 0.2) is 9.98 Å². The predicted octanol–water partition coefficient (Wildman–Crippen LogP) is 5.07. The number of aliphatic hydroxyl groups excluding tert-OH is 2. The van der Waals surface area contributed by atoms with E-state index >= 15 is 0 Å². The SMILES string of the molecule is O=C(NCSCSCSC/N=C/OOCSCSCOC(=O)NCSCSCSC/N=C/OOCSCO)OCSCO. The normalized spacial score (nSPS) is 11.2. The van der Waals surface area contributed by atoms with Crippen molar-refractivity contribution in [1.29, 1.82) is 0 Å². The summed E-state index contributed by atoms with van der Waals surface area (Å²) < 4.78 is 9.91. The molecule has 2 amide bonds. The fourth-order valence-corrected chi connectivity index (χ4v) is 9.07. The summed E-state index contributed by atoms with van der Waals surface area (Å²) >= 11 is 15.1. The third kappa shape index (κ3) is 38.9. The van der Waals surface area contributed by atoms with Gasteiger partial charge < -0.3 is 40.1 Å². The number of thioether (sulfide) groups is 10. The Morgan fingerprint density at radius 3 is 1.51 bits per heavy atom. The molecular formula is C19H36N4O10S10. The molecule has 0 aromatic heterocycles. The highest BCUT2D eigenvalue weighted by Gasteiger charge is 2.02. The van der Waals surface area contributed by atoms with Crippen LogP contribution in [0.5, 0.6) is 0 Å². The molecule has 0 aliphatic heterocycles. The van der Waals surface area contributed by atoms with Gasteiger partial charge >= 0.3 is 12.2 Å². The molecule has 0 bridgehead atoms. The summed E-state index contributed by atoms with van der Waals surface area (Å²) in [5.74, 6) is 2.86. The lowest BCUT2D eigenvalue weighted by Gasteiger charge is -2.06. The van der Waals surface area contributed by atoms with Crippen molar-refractivity contribution < 1.29 is 48.8 Å². The van der Waals surface area contributed by atoms with Crippen LogP contribution in [0.2, 0.25) is 0 Å². The number of aliphatic imine (C=N–C) groups is 2. The van der Waals surface area contributed by atoms with Crippen molar-refractivity contribution in [2.45, 2.75) is 0 Å². The number of aliphatic hydroxyl groups is 2. The Bertz CT molecular complexity index is 698. The zero-order valence-corrected chi connectivity index (χ0v) is 31.1. The molecule has 0 fully saturated rings. The minimum absolute atomic E-state index is 0.0206. The molecule has 0 heterocycles. The fourth-order valence-electron chi connectivity index (χ4n) is 1.59. The minimum Gasteiger partial charge on any atom is -0.438 e. The van der Waals surface area contributed by atoms with E-state index in [0.717, 1.165) is 32.1 Å². The van der Waals surface area contributed by atoms with Crippen molar-refractivity contribution in [3.63, 3.8) is 0 Å². The average molecular weight is 801 g/mol. The molecule has 24 heteroatoms. The highest BCUT2D eigenvalue weighted by atomic mass is 32.2. The number of alkyl carbamates (subject to hydrolysis) is 2. The van der Waals surface area contributed by atoms with Gasteiger partial charge in [-0.2, -0.15) is 9.78 Å². The zero-order chi connectivity index (χ0) is 31.3. The lowest BCUT2D eigenvalue weighted by atomic mass is 11.1. The van der Waals surface area contributed by atoms with Gasteiger partial charge in [-0.1, -0.05) is 11.8 Å². The second-order valence-corrected chi connectivity index (χ2v) is 17.5. The van der Waals surface area contributed by atoms with E-state index in [1.807, 2.05) is 0 Å². The van der Waals surface area contributed by atoms with Crippen LogP contribution in [-0.2, 0) is 29.0 Å². The van der Waals surface area contributed by atoms with Crippen LogP contribution < -0.4 is 10.6 Å². The molecule has 0 aromatic rings. The van der Waals surface area contributed by atoms with Gasteiger partial charge in [0.1, 0.15) is 23.8 Å². The average Bonchev–Trinajstić information content (AvgIpc) is 3.00. The standard InChI is InChI=1S/C19H36N4O10S10/c24-7-38-9-28-18(26)22-5-36-15-42-14-35-4-21-2-31-33-12-41-17-40-10-29-19(27)23-6-37-16-43-13-34-3-20-1-30-32-11-39-8-25/h1-2,24-25H,3-17H2,(H,22,26)(H,23,27)/b20-1+,21-2+. The van der Waals surface area contributed by atoms with E-state index in [9.17, 15) is 9.59 Å². The highest BCUT2D eigenvalue weighted by molar-refractivity contribution is 8.23. The Kier molecular flexibility index (Phi) is 39.7. The lowest BCUT2D eigenvalue weighted by Crippen LogP contribution is -2.23. The first-order chi connectivity index (χ1) is 21.2. The van der Waals surface area contributed by atoms with Gasteiger partial charge in [0.2, 0.25) is 12.8 Å². The van der Waals surface area contributed by atoms with E-state index < -0.39 is 12.2 Å². The second-order valence-electron chi connectivity index (χ2n) is 6.13. The van der Waals surface area contributed by atoms with Crippen LogP contribution >= 0.6 is 118 Å². The Hall–Kier alpha value is 0.820. The summed E-state index contributed by atoms with van der Waals surface area (Å²) in [6, 6.07) is 0. The molecule has 0 aliphatic carbocycles. The van der Waals surface area contributed by atoms with E-state index in [0.29, 0.717) is 34.5 Å². The first-order valence-corrected chi connectivity index (χ1v) is 23.1. The van der Waals surface area contributed by atoms with Crippen LogP contribution in [0.4, 0.5) is 9.59 Å². The molecule has 0 aromatic carbocycles. The van der Waals surface area contributed by atoms with Crippen molar-refractivity contribution in [1.82, 2.24) is 10.6 Å². The molecule has 0 rings (SSSR count). The molecular weight excluding hydrogens is 765 g/mol. The molecule has 0 radical (unpaired) electrons. The van der Waals surface area contributed by atoms with Gasteiger partial charge in [0, 0.05) is 25.4 Å². The van der Waals surface area contributed by atoms with Gasteiger partial charge in [0.25, 0.3) is 0 Å². The lowest BCUT2D eigenvalue weighted by molar-refractivity contribution is -0.196. The van der Waals surface area contributed by atoms with Gasteiger partial charge in [0.15, 0.2) is 0 Å². The number of hydrogen-bond donors (Lipinski definition) is 4. The van der Waals surface area contributed by atoms with Gasteiger partial charge in [-0.15, -0.1) is 106 Å². The quantitative estimate of drug-likeness (QED) is 0.0177. The van der Waals surface area contributed by atoms with Crippen molar-refractivity contribution >= 4 is 143 Å². The number of hydrogen-bond acceptors (Lipinski definition) is 22. The van der Waals surface area contributed by atoms with Crippen LogP contribution in [-0.4, -0.2) is 120 Å². The van der Waals surface area contributed by atoms with Crippen molar-refractivity contribution in [3.8, 4) is 0 Å². The first-order valence-electron chi connectivity index (χ1n) is 11.5. The van der Waals surface area contributed by atoms with Crippen LogP contribution in [0, 0.1) is 0 Å². The first kappa shape index (κ1) is 43.8. The molecule has 0 saturated heterocycles. The maximum absolute atomic E-state index is 11.7. The van der Waals surface area contributed by atoms with E-state index in [4.69, 9.17) is 34.3 Å². The third-order valence-corrected chi connectivity index (χ3v) is 12.7. The number of carbonyl (C=O) groups excluding carboxylic acids is 2. The number of amides is 2. The number of nitrogens with zero attached hydrogens (tertiary/aromatic N) is 2. The smallest absolute Gasteiger partial charge is 0.408 e. The highest BCUT2D eigenvalue weighted by Crippen LogP contribution is 2.18. The number of carbonyl (C=O) groups is 2. The number of rotatable bonds is 32. The van der Waals surface area contributed by atoms with Crippen LogP contribution in [0.1, 0.15) is 0 Å². The van der Waals surface area contributed by atoms with Gasteiger partial charge in [0.05, 0.1) is 35.4 Å². The van der Waals surface area contributed by atoms with E-state index in [-0.39, 0.29) is 29.7 Å². The van der Waals surface area contributed by atoms with E-state index in [2.05, 4.69) is 25.5 Å².